The van der Waals surface area contributed by atoms with Gasteiger partial charge in [0.1, 0.15) is 5.69 Å². The molecule has 5 heteroatoms. The third-order valence-corrected chi connectivity index (χ3v) is 4.15. The van der Waals surface area contributed by atoms with Crippen molar-refractivity contribution >= 4 is 17.7 Å². The average molecular weight is 266 g/mol. The number of rotatable bonds is 5. The SMILES string of the molecule is O=C(O)c1cccc(CNCC2CCSCC2)n1. The van der Waals surface area contributed by atoms with Crippen molar-refractivity contribution in [3.8, 4) is 0 Å². The van der Waals surface area contributed by atoms with Gasteiger partial charge in [0, 0.05) is 6.54 Å². The Morgan fingerprint density at radius 1 is 1.44 bits per heavy atom. The Balaban J connectivity index is 1.78. The van der Waals surface area contributed by atoms with Gasteiger partial charge in [-0.2, -0.15) is 11.8 Å². The van der Waals surface area contributed by atoms with Crippen LogP contribution in [-0.4, -0.2) is 34.1 Å². The second-order valence-corrected chi connectivity index (χ2v) is 5.73. The van der Waals surface area contributed by atoms with Gasteiger partial charge in [0.2, 0.25) is 0 Å². The van der Waals surface area contributed by atoms with Crippen LogP contribution in [0.2, 0.25) is 0 Å². The molecule has 0 aromatic carbocycles. The van der Waals surface area contributed by atoms with E-state index in [0.717, 1.165) is 18.2 Å². The minimum atomic E-state index is -0.971. The number of hydrogen-bond acceptors (Lipinski definition) is 4. The first kappa shape index (κ1) is 13.4. The zero-order valence-electron chi connectivity index (χ0n) is 10.3. The molecule has 0 atom stereocenters. The zero-order chi connectivity index (χ0) is 12.8. The molecule has 0 spiro atoms. The number of pyridine rings is 1. The molecule has 0 saturated carbocycles. The molecule has 2 rings (SSSR count). The molecule has 2 heterocycles. The van der Waals surface area contributed by atoms with Gasteiger partial charge in [-0.25, -0.2) is 9.78 Å². The standard InChI is InChI=1S/C13H18N2O2S/c16-13(17)12-3-1-2-11(15-12)9-14-8-10-4-6-18-7-5-10/h1-3,10,14H,4-9H2,(H,16,17). The minimum absolute atomic E-state index is 0.114. The summed E-state index contributed by atoms with van der Waals surface area (Å²) in [5.74, 6) is 2.31. The predicted molar refractivity (Wildman–Crippen MR) is 73.0 cm³/mol. The van der Waals surface area contributed by atoms with Crippen molar-refractivity contribution in [2.75, 3.05) is 18.1 Å². The first-order chi connectivity index (χ1) is 8.75. The van der Waals surface area contributed by atoms with Crippen molar-refractivity contribution in [1.82, 2.24) is 10.3 Å². The molecule has 98 valence electrons. The summed E-state index contributed by atoms with van der Waals surface area (Å²) in [6.45, 7) is 1.64. The van der Waals surface area contributed by atoms with Crippen LogP contribution in [0.4, 0.5) is 0 Å². The Kier molecular flexibility index (Phi) is 5.01. The van der Waals surface area contributed by atoms with Gasteiger partial charge in [-0.05, 0) is 48.9 Å². The summed E-state index contributed by atoms with van der Waals surface area (Å²) < 4.78 is 0. The van der Waals surface area contributed by atoms with Crippen LogP contribution < -0.4 is 5.32 Å². The Hall–Kier alpha value is -1.07. The summed E-state index contributed by atoms with van der Waals surface area (Å²) in [5, 5.41) is 12.2. The highest BCUT2D eigenvalue weighted by Crippen LogP contribution is 2.21. The Morgan fingerprint density at radius 2 is 2.22 bits per heavy atom. The maximum absolute atomic E-state index is 10.8. The summed E-state index contributed by atoms with van der Waals surface area (Å²) in [5.41, 5.74) is 0.906. The van der Waals surface area contributed by atoms with E-state index >= 15 is 0 Å². The van der Waals surface area contributed by atoms with Crippen molar-refractivity contribution in [2.24, 2.45) is 5.92 Å². The van der Waals surface area contributed by atoms with Gasteiger partial charge in [-0.3, -0.25) is 0 Å². The number of thioether (sulfide) groups is 1. The zero-order valence-corrected chi connectivity index (χ0v) is 11.1. The van der Waals surface area contributed by atoms with Crippen LogP contribution in [0.25, 0.3) is 0 Å². The lowest BCUT2D eigenvalue weighted by atomic mass is 10.0. The fourth-order valence-corrected chi connectivity index (χ4v) is 3.26. The molecule has 0 unspecified atom stereocenters. The van der Waals surface area contributed by atoms with E-state index in [1.807, 2.05) is 17.8 Å². The van der Waals surface area contributed by atoms with E-state index in [1.54, 1.807) is 6.07 Å². The molecule has 0 aliphatic carbocycles. The van der Waals surface area contributed by atoms with Crippen molar-refractivity contribution in [2.45, 2.75) is 19.4 Å². The highest BCUT2D eigenvalue weighted by atomic mass is 32.2. The normalized spacial score (nSPS) is 16.7. The molecule has 0 bridgehead atoms. The molecule has 1 saturated heterocycles. The van der Waals surface area contributed by atoms with Crippen LogP contribution >= 0.6 is 11.8 Å². The maximum Gasteiger partial charge on any atom is 0.354 e. The van der Waals surface area contributed by atoms with Gasteiger partial charge in [-0.1, -0.05) is 6.07 Å². The van der Waals surface area contributed by atoms with Crippen LogP contribution in [0, 0.1) is 5.92 Å². The molecule has 1 fully saturated rings. The summed E-state index contributed by atoms with van der Waals surface area (Å²) in [7, 11) is 0. The van der Waals surface area contributed by atoms with Crippen molar-refractivity contribution < 1.29 is 9.90 Å². The van der Waals surface area contributed by atoms with E-state index in [0.29, 0.717) is 6.54 Å². The smallest absolute Gasteiger partial charge is 0.354 e. The van der Waals surface area contributed by atoms with Gasteiger partial charge < -0.3 is 10.4 Å². The fourth-order valence-electron chi connectivity index (χ4n) is 2.05. The van der Waals surface area contributed by atoms with E-state index in [9.17, 15) is 4.79 Å². The second kappa shape index (κ2) is 6.75. The fraction of sp³-hybridized carbons (Fsp3) is 0.538. The van der Waals surface area contributed by atoms with E-state index in [4.69, 9.17) is 5.11 Å². The molecule has 18 heavy (non-hydrogen) atoms. The summed E-state index contributed by atoms with van der Waals surface area (Å²) >= 11 is 2.03. The highest BCUT2D eigenvalue weighted by molar-refractivity contribution is 7.99. The lowest BCUT2D eigenvalue weighted by molar-refractivity contribution is 0.0690. The number of carboxylic acid groups (broad SMARTS) is 1. The number of aromatic carboxylic acids is 1. The lowest BCUT2D eigenvalue weighted by Gasteiger charge is -2.21. The number of aromatic nitrogens is 1. The van der Waals surface area contributed by atoms with Crippen LogP contribution in [0.1, 0.15) is 29.0 Å². The molecule has 1 aromatic heterocycles. The van der Waals surface area contributed by atoms with Gasteiger partial charge >= 0.3 is 5.97 Å². The van der Waals surface area contributed by atoms with Crippen molar-refractivity contribution in [3.63, 3.8) is 0 Å². The topological polar surface area (TPSA) is 62.2 Å². The number of nitrogens with zero attached hydrogens (tertiary/aromatic N) is 1. The molecule has 2 N–H and O–H groups in total. The van der Waals surface area contributed by atoms with Crippen molar-refractivity contribution in [3.05, 3.63) is 29.6 Å². The van der Waals surface area contributed by atoms with E-state index in [1.165, 1.54) is 30.4 Å². The maximum atomic E-state index is 10.8. The first-order valence-electron chi connectivity index (χ1n) is 6.23. The van der Waals surface area contributed by atoms with Crippen LogP contribution in [0.3, 0.4) is 0 Å². The molecular weight excluding hydrogens is 248 g/mol. The van der Waals surface area contributed by atoms with Gasteiger partial charge in [-0.15, -0.1) is 0 Å². The van der Waals surface area contributed by atoms with Crippen LogP contribution in [0.5, 0.6) is 0 Å². The Labute approximate surface area is 111 Å². The number of carboxylic acids is 1. The third-order valence-electron chi connectivity index (χ3n) is 3.11. The summed E-state index contributed by atoms with van der Waals surface area (Å²) in [4.78, 5) is 14.9. The number of nitrogens with one attached hydrogen (secondary N) is 1. The Bertz CT molecular complexity index is 406. The van der Waals surface area contributed by atoms with E-state index < -0.39 is 5.97 Å². The van der Waals surface area contributed by atoms with Crippen molar-refractivity contribution in [1.29, 1.82) is 0 Å². The van der Waals surface area contributed by atoms with E-state index in [2.05, 4.69) is 10.3 Å². The van der Waals surface area contributed by atoms with Crippen LogP contribution in [0.15, 0.2) is 18.2 Å². The lowest BCUT2D eigenvalue weighted by Crippen LogP contribution is -2.25. The van der Waals surface area contributed by atoms with Gasteiger partial charge in [0.25, 0.3) is 0 Å². The molecule has 0 amide bonds. The molecule has 4 nitrogen and oxygen atoms in total. The quantitative estimate of drug-likeness (QED) is 0.853. The average Bonchev–Trinajstić information content (AvgIpc) is 2.40. The van der Waals surface area contributed by atoms with E-state index in [-0.39, 0.29) is 5.69 Å². The summed E-state index contributed by atoms with van der Waals surface area (Å²) in [6.07, 6.45) is 2.56. The molecule has 0 radical (unpaired) electrons. The molecule has 1 aromatic rings. The highest BCUT2D eigenvalue weighted by Gasteiger charge is 2.13. The van der Waals surface area contributed by atoms with Crippen LogP contribution in [-0.2, 0) is 6.54 Å². The molecule has 1 aliphatic rings. The largest absolute Gasteiger partial charge is 0.477 e. The molecular formula is C13H18N2O2S. The number of carbonyl (C=O) groups is 1. The monoisotopic (exact) mass is 266 g/mol. The molecule has 1 aliphatic heterocycles. The predicted octanol–water partition coefficient (Wildman–Crippen LogP) is 2.01. The van der Waals surface area contributed by atoms with Gasteiger partial charge in [0.05, 0.1) is 5.69 Å². The second-order valence-electron chi connectivity index (χ2n) is 4.51. The Morgan fingerprint density at radius 3 is 2.94 bits per heavy atom. The first-order valence-corrected chi connectivity index (χ1v) is 7.39. The van der Waals surface area contributed by atoms with Gasteiger partial charge in [0.15, 0.2) is 0 Å². The minimum Gasteiger partial charge on any atom is -0.477 e. The number of hydrogen-bond donors (Lipinski definition) is 2. The third kappa shape index (κ3) is 3.99. The summed E-state index contributed by atoms with van der Waals surface area (Å²) in [6, 6.07) is 5.12.